The molecule has 1 aliphatic rings. The number of Topliss-reactive ketones (excluding diaryl/α,β-unsaturated/α-hetero) is 1. The van der Waals surface area contributed by atoms with E-state index in [0.29, 0.717) is 5.56 Å². The molecule has 3 N–H and O–H groups in total. The van der Waals surface area contributed by atoms with Gasteiger partial charge in [-0.05, 0) is 5.41 Å². The SMILES string of the molecule is CC(C)(C)C1(C(=O)NN)C=CC=CC1C(=O)c1ccccc1. The molecule has 0 saturated heterocycles. The molecule has 1 aliphatic carbocycles. The number of allylic oxidation sites excluding steroid dienone is 3. The third-order valence-electron chi connectivity index (χ3n) is 4.35. The van der Waals surface area contributed by atoms with E-state index < -0.39 is 16.7 Å². The molecule has 0 aliphatic heterocycles. The fourth-order valence-electron chi connectivity index (χ4n) is 3.11. The minimum absolute atomic E-state index is 0.0836. The highest BCUT2D eigenvalue weighted by Crippen LogP contribution is 2.49. The maximum Gasteiger partial charge on any atom is 0.245 e. The molecule has 1 amide bonds. The summed E-state index contributed by atoms with van der Waals surface area (Å²) in [5.74, 6) is 4.39. The number of nitrogens with one attached hydrogen (secondary N) is 1. The monoisotopic (exact) mass is 298 g/mol. The number of carbonyl (C=O) groups is 2. The van der Waals surface area contributed by atoms with Crippen molar-refractivity contribution in [2.45, 2.75) is 20.8 Å². The number of carbonyl (C=O) groups excluding carboxylic acids is 2. The number of hydrazine groups is 1. The number of amides is 1. The fourth-order valence-corrected chi connectivity index (χ4v) is 3.11. The van der Waals surface area contributed by atoms with E-state index in [2.05, 4.69) is 5.43 Å². The second kappa shape index (κ2) is 5.89. The standard InChI is InChI=1S/C18H22N2O2/c1-17(2,3)18(16(22)20-19)12-8-7-11-14(18)15(21)13-9-5-4-6-10-13/h4-12,14H,19H2,1-3H3,(H,20,22). The molecule has 116 valence electrons. The number of ketones is 1. The largest absolute Gasteiger partial charge is 0.293 e. The molecule has 2 rings (SSSR count). The van der Waals surface area contributed by atoms with Crippen LogP contribution >= 0.6 is 0 Å². The number of rotatable bonds is 3. The van der Waals surface area contributed by atoms with E-state index >= 15 is 0 Å². The van der Waals surface area contributed by atoms with Gasteiger partial charge >= 0.3 is 0 Å². The van der Waals surface area contributed by atoms with E-state index in [1.54, 1.807) is 36.4 Å². The van der Waals surface area contributed by atoms with Crippen LogP contribution in [0, 0.1) is 16.7 Å². The molecule has 1 aromatic carbocycles. The highest BCUT2D eigenvalue weighted by Gasteiger charge is 2.54. The van der Waals surface area contributed by atoms with Crippen molar-refractivity contribution in [2.24, 2.45) is 22.6 Å². The van der Waals surface area contributed by atoms with Gasteiger partial charge in [-0.3, -0.25) is 15.0 Å². The summed E-state index contributed by atoms with van der Waals surface area (Å²) in [4.78, 5) is 25.6. The molecule has 2 atom stereocenters. The van der Waals surface area contributed by atoms with E-state index in [1.807, 2.05) is 39.0 Å². The Morgan fingerprint density at radius 1 is 1.14 bits per heavy atom. The molecule has 2 unspecified atom stereocenters. The summed E-state index contributed by atoms with van der Waals surface area (Å²) < 4.78 is 0. The van der Waals surface area contributed by atoms with E-state index in [9.17, 15) is 9.59 Å². The summed E-state index contributed by atoms with van der Waals surface area (Å²) in [5.41, 5.74) is 1.33. The first-order valence-corrected chi connectivity index (χ1v) is 7.31. The predicted octanol–water partition coefficient (Wildman–Crippen LogP) is 2.63. The molecule has 0 spiro atoms. The molecule has 0 heterocycles. The summed E-state index contributed by atoms with van der Waals surface area (Å²) in [6, 6.07) is 9.02. The summed E-state index contributed by atoms with van der Waals surface area (Å²) in [7, 11) is 0. The van der Waals surface area contributed by atoms with Gasteiger partial charge in [0.2, 0.25) is 5.91 Å². The second-order valence-electron chi connectivity index (χ2n) is 6.54. The van der Waals surface area contributed by atoms with Crippen LogP contribution in [0.2, 0.25) is 0 Å². The molecule has 22 heavy (non-hydrogen) atoms. The lowest BCUT2D eigenvalue weighted by Gasteiger charge is -2.45. The van der Waals surface area contributed by atoms with Crippen molar-refractivity contribution in [2.75, 3.05) is 0 Å². The van der Waals surface area contributed by atoms with Crippen molar-refractivity contribution >= 4 is 11.7 Å². The molecular formula is C18H22N2O2. The van der Waals surface area contributed by atoms with Gasteiger partial charge in [-0.2, -0.15) is 0 Å². The zero-order chi connectivity index (χ0) is 16.4. The van der Waals surface area contributed by atoms with Gasteiger partial charge in [-0.1, -0.05) is 75.4 Å². The highest BCUT2D eigenvalue weighted by molar-refractivity contribution is 6.04. The van der Waals surface area contributed by atoms with Gasteiger partial charge in [-0.25, -0.2) is 5.84 Å². The summed E-state index contributed by atoms with van der Waals surface area (Å²) in [6.45, 7) is 5.82. The van der Waals surface area contributed by atoms with E-state index in [1.165, 1.54) is 0 Å². The smallest absolute Gasteiger partial charge is 0.245 e. The Labute approximate surface area is 131 Å². The molecule has 0 aromatic heterocycles. The lowest BCUT2D eigenvalue weighted by atomic mass is 9.56. The van der Waals surface area contributed by atoms with Crippen molar-refractivity contribution < 1.29 is 9.59 Å². The molecule has 4 heteroatoms. The van der Waals surface area contributed by atoms with Gasteiger partial charge in [0.25, 0.3) is 0 Å². The number of benzene rings is 1. The Bertz CT molecular complexity index is 626. The van der Waals surface area contributed by atoms with Crippen LogP contribution in [-0.4, -0.2) is 11.7 Å². The Balaban J connectivity index is 2.56. The fraction of sp³-hybridized carbons (Fsp3) is 0.333. The van der Waals surface area contributed by atoms with Crippen molar-refractivity contribution in [3.63, 3.8) is 0 Å². The van der Waals surface area contributed by atoms with Crippen LogP contribution in [-0.2, 0) is 4.79 Å². The average molecular weight is 298 g/mol. The molecule has 0 fully saturated rings. The normalized spacial score (nSPS) is 24.1. The van der Waals surface area contributed by atoms with E-state index in [-0.39, 0.29) is 11.7 Å². The van der Waals surface area contributed by atoms with Crippen LogP contribution in [0.15, 0.2) is 54.6 Å². The maximum absolute atomic E-state index is 13.0. The Hall–Kier alpha value is -2.20. The van der Waals surface area contributed by atoms with Gasteiger partial charge in [0.1, 0.15) is 0 Å². The van der Waals surface area contributed by atoms with Gasteiger partial charge in [0.15, 0.2) is 5.78 Å². The van der Waals surface area contributed by atoms with Crippen molar-refractivity contribution in [1.29, 1.82) is 0 Å². The average Bonchev–Trinajstić information content (AvgIpc) is 2.53. The molecular weight excluding hydrogens is 276 g/mol. The first kappa shape index (κ1) is 16.2. The number of nitrogens with two attached hydrogens (primary N) is 1. The van der Waals surface area contributed by atoms with Gasteiger partial charge in [-0.15, -0.1) is 0 Å². The lowest BCUT2D eigenvalue weighted by Crippen LogP contribution is -2.56. The van der Waals surface area contributed by atoms with Crippen LogP contribution in [0.3, 0.4) is 0 Å². The third kappa shape index (κ3) is 2.50. The third-order valence-corrected chi connectivity index (χ3v) is 4.35. The van der Waals surface area contributed by atoms with Gasteiger partial charge in [0.05, 0.1) is 11.3 Å². The van der Waals surface area contributed by atoms with Crippen LogP contribution < -0.4 is 11.3 Å². The summed E-state index contributed by atoms with van der Waals surface area (Å²) in [5, 5.41) is 0. The van der Waals surface area contributed by atoms with E-state index in [0.717, 1.165) is 0 Å². The van der Waals surface area contributed by atoms with Crippen molar-refractivity contribution in [3.05, 3.63) is 60.2 Å². The first-order valence-electron chi connectivity index (χ1n) is 7.31. The maximum atomic E-state index is 13.0. The predicted molar refractivity (Wildman–Crippen MR) is 86.8 cm³/mol. The van der Waals surface area contributed by atoms with Gasteiger partial charge in [0, 0.05) is 5.56 Å². The van der Waals surface area contributed by atoms with Crippen molar-refractivity contribution in [1.82, 2.24) is 5.43 Å². The molecule has 4 nitrogen and oxygen atoms in total. The number of hydrogen-bond donors (Lipinski definition) is 2. The van der Waals surface area contributed by atoms with Crippen molar-refractivity contribution in [3.8, 4) is 0 Å². The lowest BCUT2D eigenvalue weighted by molar-refractivity contribution is -0.135. The first-order chi connectivity index (χ1) is 10.3. The minimum atomic E-state index is -1.02. The Kier molecular flexibility index (Phi) is 4.33. The quantitative estimate of drug-likeness (QED) is 0.390. The molecule has 0 saturated carbocycles. The Morgan fingerprint density at radius 3 is 2.32 bits per heavy atom. The minimum Gasteiger partial charge on any atom is -0.293 e. The topological polar surface area (TPSA) is 72.2 Å². The number of hydrogen-bond acceptors (Lipinski definition) is 3. The van der Waals surface area contributed by atoms with Gasteiger partial charge < -0.3 is 0 Å². The molecule has 1 aromatic rings. The Morgan fingerprint density at radius 2 is 1.77 bits per heavy atom. The highest BCUT2D eigenvalue weighted by atomic mass is 16.2. The van der Waals surface area contributed by atoms with E-state index in [4.69, 9.17) is 5.84 Å². The second-order valence-corrected chi connectivity index (χ2v) is 6.54. The van der Waals surface area contributed by atoms with Crippen LogP contribution in [0.5, 0.6) is 0 Å². The zero-order valence-electron chi connectivity index (χ0n) is 13.2. The molecule has 0 radical (unpaired) electrons. The summed E-state index contributed by atoms with van der Waals surface area (Å²) in [6.07, 6.45) is 7.19. The summed E-state index contributed by atoms with van der Waals surface area (Å²) >= 11 is 0. The zero-order valence-corrected chi connectivity index (χ0v) is 13.2. The van der Waals surface area contributed by atoms with Crippen LogP contribution in [0.4, 0.5) is 0 Å². The van der Waals surface area contributed by atoms with Crippen LogP contribution in [0.1, 0.15) is 31.1 Å². The van der Waals surface area contributed by atoms with Crippen LogP contribution in [0.25, 0.3) is 0 Å². The molecule has 0 bridgehead atoms.